The lowest BCUT2D eigenvalue weighted by atomic mass is 10.0. The molecule has 6 heteroatoms. The van der Waals surface area contributed by atoms with Crippen LogP contribution in [-0.4, -0.2) is 18.0 Å². The number of hydrogen-bond donors (Lipinski definition) is 3. The van der Waals surface area contributed by atoms with Gasteiger partial charge >= 0.3 is 6.09 Å². The molecule has 0 spiro atoms. The van der Waals surface area contributed by atoms with E-state index in [0.717, 1.165) is 5.56 Å². The van der Waals surface area contributed by atoms with Crippen LogP contribution in [0.5, 0.6) is 0 Å². The number of rotatable bonds is 6. The van der Waals surface area contributed by atoms with Crippen molar-refractivity contribution in [2.75, 3.05) is 0 Å². The molecule has 110 valence electrons. The summed E-state index contributed by atoms with van der Waals surface area (Å²) in [4.78, 5) is 23.0. The fourth-order valence-corrected chi connectivity index (χ4v) is 1.63. The van der Waals surface area contributed by atoms with Gasteiger partial charge in [-0.15, -0.1) is 0 Å². The Morgan fingerprint density at radius 1 is 1.25 bits per heavy atom. The summed E-state index contributed by atoms with van der Waals surface area (Å²) in [6.07, 6.45) is -0.424. The quantitative estimate of drug-likeness (QED) is 0.416. The lowest BCUT2D eigenvalue weighted by Gasteiger charge is -2.21. The Hall–Kier alpha value is -2.08. The molecule has 0 fully saturated rings. The normalized spacial score (nSPS) is 11.8. The summed E-state index contributed by atoms with van der Waals surface area (Å²) in [6.45, 7) is 4.01. The highest BCUT2D eigenvalue weighted by Gasteiger charge is 2.20. The van der Waals surface area contributed by atoms with E-state index in [2.05, 4.69) is 10.7 Å². The first-order valence-corrected chi connectivity index (χ1v) is 6.49. The molecule has 0 aliphatic heterocycles. The van der Waals surface area contributed by atoms with Crippen LogP contribution in [0.3, 0.4) is 0 Å². The van der Waals surface area contributed by atoms with E-state index in [4.69, 9.17) is 10.6 Å². The van der Waals surface area contributed by atoms with Crippen LogP contribution < -0.4 is 16.6 Å². The molecule has 4 N–H and O–H groups in total. The van der Waals surface area contributed by atoms with Crippen LogP contribution in [-0.2, 0) is 16.1 Å². The van der Waals surface area contributed by atoms with Crippen LogP contribution >= 0.6 is 0 Å². The average molecular weight is 279 g/mol. The molecule has 6 nitrogen and oxygen atoms in total. The highest BCUT2D eigenvalue weighted by atomic mass is 16.5. The second-order valence-electron chi connectivity index (χ2n) is 4.83. The van der Waals surface area contributed by atoms with E-state index in [0.29, 0.717) is 0 Å². The number of hydrazine groups is 1. The van der Waals surface area contributed by atoms with E-state index in [-0.39, 0.29) is 30.9 Å². The zero-order valence-corrected chi connectivity index (χ0v) is 11.8. The summed E-state index contributed by atoms with van der Waals surface area (Å²) in [5, 5.41) is 2.67. The van der Waals surface area contributed by atoms with Crippen LogP contribution in [0.4, 0.5) is 4.79 Å². The third kappa shape index (κ3) is 5.71. The molecule has 0 unspecified atom stereocenters. The summed E-state index contributed by atoms with van der Waals surface area (Å²) in [5.41, 5.74) is 2.96. The summed E-state index contributed by atoms with van der Waals surface area (Å²) in [5.74, 6) is 4.81. The number of carbonyl (C=O) groups excluding carboxylic acids is 2. The molecule has 20 heavy (non-hydrogen) atoms. The van der Waals surface area contributed by atoms with Gasteiger partial charge in [-0.3, -0.25) is 10.2 Å². The molecule has 0 aliphatic carbocycles. The van der Waals surface area contributed by atoms with Crippen LogP contribution in [0.15, 0.2) is 30.3 Å². The van der Waals surface area contributed by atoms with Crippen molar-refractivity contribution in [1.29, 1.82) is 0 Å². The Balaban J connectivity index is 2.44. The number of hydrogen-bond acceptors (Lipinski definition) is 4. The highest BCUT2D eigenvalue weighted by molar-refractivity contribution is 5.77. The zero-order chi connectivity index (χ0) is 15.0. The molecular formula is C14H21N3O3. The lowest BCUT2D eigenvalue weighted by molar-refractivity contribution is -0.121. The predicted molar refractivity (Wildman–Crippen MR) is 75.3 cm³/mol. The topological polar surface area (TPSA) is 93.5 Å². The molecule has 0 saturated carbocycles. The number of nitrogens with one attached hydrogen (secondary N) is 2. The van der Waals surface area contributed by atoms with Gasteiger partial charge in [0, 0.05) is 12.5 Å². The molecule has 0 bridgehead atoms. The van der Waals surface area contributed by atoms with Gasteiger partial charge in [-0.25, -0.2) is 10.6 Å². The van der Waals surface area contributed by atoms with Crippen LogP contribution in [0.25, 0.3) is 0 Å². The van der Waals surface area contributed by atoms with Crippen LogP contribution in [0, 0.1) is 5.92 Å². The van der Waals surface area contributed by atoms with Crippen molar-refractivity contribution in [3.8, 4) is 0 Å². The molecular weight excluding hydrogens is 258 g/mol. The largest absolute Gasteiger partial charge is 0.445 e. The minimum absolute atomic E-state index is 0.0941. The first-order chi connectivity index (χ1) is 9.52. The molecule has 2 amide bonds. The van der Waals surface area contributed by atoms with E-state index < -0.39 is 6.09 Å². The van der Waals surface area contributed by atoms with E-state index in [1.165, 1.54) is 0 Å². The molecule has 0 aliphatic rings. The monoisotopic (exact) mass is 279 g/mol. The number of nitrogens with two attached hydrogens (primary N) is 1. The van der Waals surface area contributed by atoms with Crippen molar-refractivity contribution in [3.63, 3.8) is 0 Å². The van der Waals surface area contributed by atoms with Gasteiger partial charge in [-0.1, -0.05) is 44.2 Å². The number of benzene rings is 1. The summed E-state index contributed by atoms with van der Waals surface area (Å²) < 4.78 is 5.11. The molecule has 0 saturated heterocycles. The second-order valence-corrected chi connectivity index (χ2v) is 4.83. The fourth-order valence-electron chi connectivity index (χ4n) is 1.63. The SMILES string of the molecule is CC(C)[C@@H](CC(=O)NN)NC(=O)OCc1ccccc1. The van der Waals surface area contributed by atoms with Crippen LogP contribution in [0.2, 0.25) is 0 Å². The second kappa shape index (κ2) is 8.16. The number of carbonyl (C=O) groups is 2. The molecule has 1 rings (SSSR count). The van der Waals surface area contributed by atoms with Gasteiger partial charge in [0.05, 0.1) is 0 Å². The summed E-state index contributed by atoms with van der Waals surface area (Å²) in [7, 11) is 0. The van der Waals surface area contributed by atoms with Gasteiger partial charge < -0.3 is 10.1 Å². The minimum atomic E-state index is -0.544. The number of amides is 2. The van der Waals surface area contributed by atoms with Gasteiger partial charge in [0.15, 0.2) is 0 Å². The predicted octanol–water partition coefficient (Wildman–Crippen LogP) is 1.32. The van der Waals surface area contributed by atoms with E-state index >= 15 is 0 Å². The van der Waals surface area contributed by atoms with Gasteiger partial charge in [-0.2, -0.15) is 0 Å². The molecule has 1 aromatic rings. The first-order valence-electron chi connectivity index (χ1n) is 6.49. The third-order valence-corrected chi connectivity index (χ3v) is 2.89. The number of alkyl carbamates (subject to hydrolysis) is 1. The van der Waals surface area contributed by atoms with Crippen molar-refractivity contribution in [3.05, 3.63) is 35.9 Å². The third-order valence-electron chi connectivity index (χ3n) is 2.89. The Labute approximate surface area is 118 Å². The summed E-state index contributed by atoms with van der Waals surface area (Å²) in [6, 6.07) is 9.06. The van der Waals surface area contributed by atoms with Crippen molar-refractivity contribution >= 4 is 12.0 Å². The Morgan fingerprint density at radius 3 is 2.45 bits per heavy atom. The zero-order valence-electron chi connectivity index (χ0n) is 11.8. The lowest BCUT2D eigenvalue weighted by Crippen LogP contribution is -2.43. The molecule has 1 atom stereocenters. The average Bonchev–Trinajstić information content (AvgIpc) is 2.45. The van der Waals surface area contributed by atoms with Crippen molar-refractivity contribution < 1.29 is 14.3 Å². The highest BCUT2D eigenvalue weighted by Crippen LogP contribution is 2.07. The Bertz CT molecular complexity index is 435. The van der Waals surface area contributed by atoms with Gasteiger partial charge in [-0.05, 0) is 11.5 Å². The maximum absolute atomic E-state index is 11.7. The standard InChI is InChI=1S/C14H21N3O3/c1-10(2)12(8-13(18)17-15)16-14(19)20-9-11-6-4-3-5-7-11/h3-7,10,12H,8-9,15H2,1-2H3,(H,16,19)(H,17,18)/t12-/m1/s1. The van der Waals surface area contributed by atoms with Gasteiger partial charge in [0.1, 0.15) is 6.61 Å². The maximum atomic E-state index is 11.7. The maximum Gasteiger partial charge on any atom is 0.407 e. The van der Waals surface area contributed by atoms with Gasteiger partial charge in [0.2, 0.25) is 5.91 Å². The van der Waals surface area contributed by atoms with E-state index in [9.17, 15) is 9.59 Å². The Kier molecular flexibility index (Phi) is 6.52. The van der Waals surface area contributed by atoms with Crippen LogP contribution in [0.1, 0.15) is 25.8 Å². The number of ether oxygens (including phenoxy) is 1. The Morgan fingerprint density at radius 2 is 1.90 bits per heavy atom. The van der Waals surface area contributed by atoms with Gasteiger partial charge in [0.25, 0.3) is 0 Å². The molecule has 0 heterocycles. The van der Waals surface area contributed by atoms with E-state index in [1.807, 2.05) is 44.2 Å². The fraction of sp³-hybridized carbons (Fsp3) is 0.429. The van der Waals surface area contributed by atoms with Crippen molar-refractivity contribution in [2.45, 2.75) is 32.9 Å². The van der Waals surface area contributed by atoms with E-state index in [1.54, 1.807) is 0 Å². The molecule has 0 radical (unpaired) electrons. The molecule has 1 aromatic carbocycles. The summed E-state index contributed by atoms with van der Waals surface area (Å²) >= 11 is 0. The van der Waals surface area contributed by atoms with Crippen molar-refractivity contribution in [1.82, 2.24) is 10.7 Å². The molecule has 0 aromatic heterocycles. The first kappa shape index (κ1) is 16.0. The smallest absolute Gasteiger partial charge is 0.407 e. The van der Waals surface area contributed by atoms with Crippen molar-refractivity contribution in [2.24, 2.45) is 11.8 Å². The minimum Gasteiger partial charge on any atom is -0.445 e.